The van der Waals surface area contributed by atoms with Crippen LogP contribution in [0, 0.1) is 72.0 Å². The number of aromatic amines is 3. The van der Waals surface area contributed by atoms with Crippen LogP contribution in [0.15, 0.2) is 160 Å². The van der Waals surface area contributed by atoms with Crippen LogP contribution in [-0.2, 0) is 15.8 Å². The molecule has 34 heteroatoms. The zero-order valence-corrected chi connectivity index (χ0v) is 59.0. The van der Waals surface area contributed by atoms with E-state index in [-0.39, 0.29) is 61.2 Å². The monoisotopic (exact) mass is 1670 g/mol. The second kappa shape index (κ2) is 49.2. The lowest BCUT2D eigenvalue weighted by molar-refractivity contribution is -0.170. The van der Waals surface area contributed by atoms with Crippen molar-refractivity contribution in [3.05, 3.63) is 227 Å². The molecule has 9 rings (SSSR count). The summed E-state index contributed by atoms with van der Waals surface area (Å²) in [6.45, 7) is 23.2. The van der Waals surface area contributed by atoms with Gasteiger partial charge in [0, 0.05) is 100 Å². The predicted octanol–water partition coefficient (Wildman–Crippen LogP) is 21.5. The Morgan fingerprint density at radius 1 is 0.632 bits per heavy atom. The second-order valence-corrected chi connectivity index (χ2v) is 22.9. The van der Waals surface area contributed by atoms with Gasteiger partial charge in [0.2, 0.25) is 11.6 Å². The van der Waals surface area contributed by atoms with Gasteiger partial charge in [0.15, 0.2) is 22.9 Å². The van der Waals surface area contributed by atoms with E-state index in [4.69, 9.17) is 45.7 Å². The van der Waals surface area contributed by atoms with Crippen LogP contribution in [-0.4, -0.2) is 91.7 Å². The van der Waals surface area contributed by atoms with Gasteiger partial charge in [0.1, 0.15) is 5.69 Å². The molecule has 22 nitrogen and oxygen atoms in total. The summed E-state index contributed by atoms with van der Waals surface area (Å²) in [5, 5.41) is 51.8. The van der Waals surface area contributed by atoms with Gasteiger partial charge in [-0.15, -0.1) is 0 Å². The number of nitrogens with one attached hydrogen (secondary N) is 7. The van der Waals surface area contributed by atoms with E-state index in [1.165, 1.54) is 31.3 Å². The first-order valence-corrected chi connectivity index (χ1v) is 30.8. The Labute approximate surface area is 637 Å². The largest absolute Gasteiger partial charge is 0.450 e. The van der Waals surface area contributed by atoms with Crippen LogP contribution in [0.3, 0.4) is 0 Å². The molecule has 5 aromatic carbocycles. The summed E-state index contributed by atoms with van der Waals surface area (Å²) in [7, 11) is 3.82. The highest BCUT2D eigenvalue weighted by Crippen LogP contribution is 2.34. The van der Waals surface area contributed by atoms with E-state index in [9.17, 15) is 58.7 Å². The number of benzene rings is 5. The number of anilines is 2. The van der Waals surface area contributed by atoms with Crippen molar-refractivity contribution in [3.63, 3.8) is 0 Å². The lowest BCUT2D eigenvalue weighted by Crippen LogP contribution is -2.25. The fourth-order valence-electron chi connectivity index (χ4n) is 7.52. The average molecular weight is 1670 g/mol. The van der Waals surface area contributed by atoms with Crippen LogP contribution in [0.1, 0.15) is 127 Å². The van der Waals surface area contributed by atoms with E-state index in [1.54, 1.807) is 49.6 Å². The van der Waals surface area contributed by atoms with Gasteiger partial charge in [0.25, 0.3) is 0 Å². The maximum Gasteiger partial charge on any atom is 0.450 e. The third-order valence-corrected chi connectivity index (χ3v) is 13.6. The van der Waals surface area contributed by atoms with Gasteiger partial charge in [0.05, 0.1) is 78.2 Å². The summed E-state index contributed by atoms with van der Waals surface area (Å²) in [5.74, 6) is -4.87. The first-order valence-electron chi connectivity index (χ1n) is 28.4. The number of halogens is 12. The molecule has 1 aliphatic rings. The topological polar surface area (TPSA) is 339 Å². The first kappa shape index (κ1) is 101. The maximum atomic E-state index is 12.4. The Bertz CT molecular complexity index is 4480. The highest BCUT2D eigenvalue weighted by Gasteiger charge is 2.39. The van der Waals surface area contributed by atoms with E-state index in [1.807, 2.05) is 105 Å². The summed E-state index contributed by atoms with van der Waals surface area (Å²) in [5.41, 5.74) is 24.7. The van der Waals surface area contributed by atoms with E-state index in [2.05, 4.69) is 116 Å². The Kier molecular flexibility index (Phi) is 46.8. The molecule has 0 spiro atoms. The number of nitrogens with zero attached hydrogens (tertiary/aromatic N) is 10. The molecule has 4 heterocycles. The number of allylic oxidation sites excluding steroid dienone is 1. The Morgan fingerprint density at radius 2 is 1.08 bits per heavy atom. The van der Waals surface area contributed by atoms with Crippen LogP contribution >= 0.6 is 47.8 Å². The van der Waals surface area contributed by atoms with Crippen LogP contribution in [0.2, 0.25) is 0 Å². The number of H-pyrrole nitrogens is 3. The minimum absolute atomic E-state index is 0. The third-order valence-electron chi connectivity index (χ3n) is 12.2. The van der Waals surface area contributed by atoms with Crippen molar-refractivity contribution in [3.8, 4) is 52.0 Å². The van der Waals surface area contributed by atoms with Crippen LogP contribution in [0.5, 0.6) is 0 Å². The zero-order chi connectivity index (χ0) is 76.4. The van der Waals surface area contributed by atoms with Gasteiger partial charge in [-0.25, -0.2) is 20.8 Å². The second-order valence-electron chi connectivity index (χ2n) is 20.2. The van der Waals surface area contributed by atoms with Crippen LogP contribution in [0.4, 0.5) is 62.3 Å². The molecule has 0 atom stereocenters. The smallest absolute Gasteiger partial charge is 0.403 e. The van der Waals surface area contributed by atoms with E-state index >= 15 is 0 Å². The number of carbonyl (C=O) groups is 4. The van der Waals surface area contributed by atoms with Crippen molar-refractivity contribution in [2.45, 2.75) is 103 Å². The van der Waals surface area contributed by atoms with E-state index in [0.717, 1.165) is 75.0 Å². The van der Waals surface area contributed by atoms with E-state index < -0.39 is 48.0 Å². The summed E-state index contributed by atoms with van der Waals surface area (Å²) in [4.78, 5) is 53.7. The molecule has 0 radical (unpaired) electrons. The van der Waals surface area contributed by atoms with E-state index in [0.29, 0.717) is 49.5 Å². The third kappa shape index (κ3) is 35.6. The zero-order valence-electron chi connectivity index (χ0n) is 54.2. The summed E-state index contributed by atoms with van der Waals surface area (Å²) >= 11 is 9.42. The fraction of sp³-hybridized carbons (Fsp3) is 0.250. The minimum Gasteiger partial charge on any atom is -0.403 e. The Balaban J connectivity index is -0.000000385. The molecule has 1 aliphatic heterocycles. The number of ketones is 4. The molecule has 106 heavy (non-hydrogen) atoms. The van der Waals surface area contributed by atoms with Gasteiger partial charge in [-0.05, 0) is 154 Å². The normalized spacial score (nSPS) is 10.5. The number of rotatable bonds is 12. The fourth-order valence-corrected chi connectivity index (χ4v) is 9.00. The molecule has 0 aliphatic carbocycles. The molecule has 9 N–H and O–H groups in total. The SMILES string of the molecule is C.C.C.C.C.CC(=O)C(F)(F)F.CC(=O)c1cc(Br)cc(C#N)c1.CN/C=C\N.N#Cc1cc(Br)cc(-c2cc(C(F)(F)F)[nH]n2)c1.N#Cc1cc(Br)cc(C(=O)CC(=O)C(F)(F)F)c1.N=N.[C-]#[N+]c1cc(-c2cc(C)[nH]n2)cc(N2C=CN(C)C2)c1.[C-]#[N+]c1cc(N/C=C\CC)cc(-c2cc(C)[nH]n2)c1.[HH]. The van der Waals surface area contributed by atoms with Crippen molar-refractivity contribution in [2.75, 3.05) is 31.0 Å². The molecule has 3 aromatic heterocycles. The maximum absolute atomic E-state index is 12.4. The van der Waals surface area contributed by atoms with Gasteiger partial charge in [-0.2, -0.15) is 70.6 Å². The van der Waals surface area contributed by atoms with Crippen molar-refractivity contribution >= 4 is 93.7 Å². The van der Waals surface area contributed by atoms with Crippen molar-refractivity contribution < 1.29 is 60.1 Å². The minimum atomic E-state index is -5.03. The number of alkyl halides is 9. The molecule has 0 amide bonds. The number of hydrogen-bond donors (Lipinski definition) is 8. The van der Waals surface area contributed by atoms with Gasteiger partial charge in [-0.3, -0.25) is 34.5 Å². The number of nitrogens with two attached hydrogens (primary N) is 1. The molecular formula is C72H82Br3F9N18O4. The van der Waals surface area contributed by atoms with Crippen molar-refractivity contribution in [1.82, 2.24) is 40.8 Å². The van der Waals surface area contributed by atoms with Crippen molar-refractivity contribution in [2.24, 2.45) is 5.73 Å². The number of nitriles is 3. The molecule has 0 unspecified atom stereocenters. The number of aryl methyl sites for hydroxylation is 2. The average Bonchev–Trinajstić information content (AvgIpc) is 1.76. The summed E-state index contributed by atoms with van der Waals surface area (Å²) in [6, 6.07) is 35.4. The standard InChI is InChI=1S/C15H15N5.C15H16N4.C11H5BrF3N3.C11H5BrF3NO2.C9H6BrNO.C3H3F3O.C3H8N2.5CH4.H2N2.H2/c1-11-6-15(18-17-11)12-7-13(16-2)9-14(8-12)20-5-4-19(3)10-20;1-4-5-6-17-14-9-12(8-13(10-14)16-3)15-7-11(2)18-19-15;12-8-2-6(5-16)1-7(3-8)9-4-10(18-17-9)11(13,14)15;12-8-2-6(5-16)1-7(3-8)9(17)4-10(18)11(13,14)15;1-6(12)8-2-7(5-11)3-9(10)4-8;1-2(7)3(4,5)6;1-5-3-2-4;;;;;;1-2;/h4-9H,10H2,1,3H3,(H,17,18);5-10,17H,4H2,1-2H3,(H,18,19);1-4H,(H,17,18);1-3H,4H2;2-4H,1H3;1H3;2-3,5H,4H2,1H3;5*1H4;1-2H;1H/b;6-5-;;;;;3-2-;;;;;;;. The van der Waals surface area contributed by atoms with Gasteiger partial charge < -0.3 is 26.2 Å². The molecule has 0 saturated heterocycles. The molecule has 0 saturated carbocycles. The Hall–Kier alpha value is -11.5. The van der Waals surface area contributed by atoms with Gasteiger partial charge >= 0.3 is 18.5 Å². The quantitative estimate of drug-likeness (QED) is 0.0185. The number of hydrogen-bond acceptors (Lipinski definition) is 17. The first-order chi connectivity index (χ1) is 47.5. The number of carbonyl (C=O) groups excluding carboxylic acids is 4. The molecule has 0 fully saturated rings. The van der Waals surface area contributed by atoms with Crippen LogP contribution in [0.25, 0.3) is 43.5 Å². The predicted molar refractivity (Wildman–Crippen MR) is 407 cm³/mol. The number of aromatic nitrogens is 6. The van der Waals surface area contributed by atoms with Gasteiger partial charge in [-0.1, -0.05) is 97.9 Å². The molecule has 8 aromatic rings. The highest BCUT2D eigenvalue weighted by atomic mass is 79.9. The van der Waals surface area contributed by atoms with Crippen molar-refractivity contribution in [1.29, 1.82) is 26.8 Å². The highest BCUT2D eigenvalue weighted by molar-refractivity contribution is 9.11. The van der Waals surface area contributed by atoms with Crippen LogP contribution < -0.4 is 21.3 Å². The molecular weight excluding hydrogens is 1590 g/mol. The summed E-state index contributed by atoms with van der Waals surface area (Å²) in [6.07, 6.45) is -3.36. The number of Topliss-reactive ketones (excluding diaryl/α,β-unsaturated/α-hetero) is 4. The molecule has 0 bridgehead atoms. The lowest BCUT2D eigenvalue weighted by atomic mass is 10.0. The lowest BCUT2D eigenvalue weighted by Gasteiger charge is -2.19. The summed E-state index contributed by atoms with van der Waals surface area (Å²) < 4.78 is 107. The Morgan fingerprint density at radius 3 is 1.46 bits per heavy atom. The molecule has 568 valence electrons.